The molecule has 3 nitrogen and oxygen atoms in total. The molecule has 0 spiro atoms. The van der Waals surface area contributed by atoms with Crippen molar-refractivity contribution in [1.29, 1.82) is 0 Å². The summed E-state index contributed by atoms with van der Waals surface area (Å²) in [7, 11) is 0. The minimum Gasteiger partial charge on any atom is -0.343 e. The van der Waals surface area contributed by atoms with Crippen molar-refractivity contribution in [1.82, 2.24) is 9.97 Å². The highest BCUT2D eigenvalue weighted by Crippen LogP contribution is 2.25. The number of nitrogens with zero attached hydrogens (tertiary/aromatic N) is 2. The summed E-state index contributed by atoms with van der Waals surface area (Å²) in [5.74, 6) is 0.384. The smallest absolute Gasteiger partial charge is 0.224 e. The number of hydrogen-bond acceptors (Lipinski definition) is 3. The van der Waals surface area contributed by atoms with Crippen LogP contribution in [-0.2, 0) is 0 Å². The molecule has 0 amide bonds. The molecule has 5 heteroatoms. The average molecular weight is 276 g/mol. The summed E-state index contributed by atoms with van der Waals surface area (Å²) in [6.07, 6.45) is 4.48. The van der Waals surface area contributed by atoms with Crippen LogP contribution in [0.1, 0.15) is 12.8 Å². The first-order valence-corrected chi connectivity index (χ1v) is 6.36. The first-order valence-electron chi connectivity index (χ1n) is 5.98. The highest BCUT2D eigenvalue weighted by molar-refractivity contribution is 6.28. The largest absolute Gasteiger partial charge is 0.343 e. The Hall–Kier alpha value is -1.94. The molecule has 0 unspecified atom stereocenters. The molecule has 0 bridgehead atoms. The number of allylic oxidation sites excluding steroid dienone is 4. The van der Waals surface area contributed by atoms with Crippen molar-refractivity contribution in [3.63, 3.8) is 0 Å². The lowest BCUT2D eigenvalue weighted by atomic mass is 10.1. The second-order valence-electron chi connectivity index (χ2n) is 4.28. The van der Waals surface area contributed by atoms with Crippen molar-refractivity contribution in [2.45, 2.75) is 12.8 Å². The Kier molecular flexibility index (Phi) is 3.17. The van der Waals surface area contributed by atoms with Crippen molar-refractivity contribution < 1.29 is 4.39 Å². The van der Waals surface area contributed by atoms with Crippen LogP contribution in [0, 0.1) is 0 Å². The minimum atomic E-state index is -0.224. The van der Waals surface area contributed by atoms with Crippen LogP contribution in [0.3, 0.4) is 0 Å². The van der Waals surface area contributed by atoms with Gasteiger partial charge in [-0.05, 0) is 48.7 Å². The number of aromatic nitrogens is 2. The monoisotopic (exact) mass is 275 g/mol. The number of fused-ring (bicyclic) bond motifs is 1. The Morgan fingerprint density at radius 2 is 2.05 bits per heavy atom. The zero-order valence-electron chi connectivity index (χ0n) is 10.0. The van der Waals surface area contributed by atoms with Crippen molar-refractivity contribution in [3.8, 4) is 0 Å². The zero-order valence-corrected chi connectivity index (χ0v) is 10.8. The molecule has 0 saturated heterocycles. The molecule has 0 saturated carbocycles. The number of anilines is 1. The molecule has 1 aromatic carbocycles. The summed E-state index contributed by atoms with van der Waals surface area (Å²) >= 11 is 5.90. The first-order chi connectivity index (χ1) is 9.22. The quantitative estimate of drug-likeness (QED) is 0.834. The van der Waals surface area contributed by atoms with Crippen LogP contribution < -0.4 is 5.32 Å². The van der Waals surface area contributed by atoms with E-state index >= 15 is 0 Å². The summed E-state index contributed by atoms with van der Waals surface area (Å²) in [5.41, 5.74) is 1.55. The fraction of sp³-hybridized carbons (Fsp3) is 0.143. The van der Waals surface area contributed by atoms with Gasteiger partial charge in [0.15, 0.2) is 0 Å². The van der Waals surface area contributed by atoms with E-state index in [1.165, 1.54) is 6.08 Å². The lowest BCUT2D eigenvalue weighted by Gasteiger charge is -2.14. The highest BCUT2D eigenvalue weighted by Gasteiger charge is 2.10. The molecule has 0 radical (unpaired) electrons. The SMILES string of the molecule is FC1=CCCC(Nc2nc(Cl)nc3ccccc23)=C1. The lowest BCUT2D eigenvalue weighted by molar-refractivity contribution is 0.648. The van der Waals surface area contributed by atoms with E-state index in [1.54, 1.807) is 6.08 Å². The van der Waals surface area contributed by atoms with Crippen molar-refractivity contribution in [2.24, 2.45) is 0 Å². The van der Waals surface area contributed by atoms with Crippen molar-refractivity contribution in [2.75, 3.05) is 5.32 Å². The lowest BCUT2D eigenvalue weighted by Crippen LogP contribution is -2.05. The molecule has 1 N–H and O–H groups in total. The van der Waals surface area contributed by atoms with Crippen LogP contribution in [-0.4, -0.2) is 9.97 Å². The maximum atomic E-state index is 13.2. The van der Waals surface area contributed by atoms with Gasteiger partial charge in [-0.1, -0.05) is 12.1 Å². The Labute approximate surface area is 114 Å². The molecule has 1 aromatic heterocycles. The molecule has 19 heavy (non-hydrogen) atoms. The molecule has 2 aromatic rings. The van der Waals surface area contributed by atoms with Gasteiger partial charge in [0.1, 0.15) is 11.6 Å². The third-order valence-electron chi connectivity index (χ3n) is 2.92. The van der Waals surface area contributed by atoms with E-state index in [2.05, 4.69) is 15.3 Å². The number of hydrogen-bond donors (Lipinski definition) is 1. The van der Waals surface area contributed by atoms with Crippen LogP contribution >= 0.6 is 11.6 Å². The van der Waals surface area contributed by atoms with Gasteiger partial charge in [0.2, 0.25) is 5.28 Å². The van der Waals surface area contributed by atoms with Gasteiger partial charge in [0.25, 0.3) is 0 Å². The summed E-state index contributed by atoms with van der Waals surface area (Å²) in [4.78, 5) is 8.33. The van der Waals surface area contributed by atoms with Crippen LogP contribution in [0.2, 0.25) is 5.28 Å². The molecule has 1 aliphatic carbocycles. The number of benzene rings is 1. The summed E-state index contributed by atoms with van der Waals surface area (Å²) < 4.78 is 13.2. The molecule has 1 heterocycles. The fourth-order valence-electron chi connectivity index (χ4n) is 2.06. The van der Waals surface area contributed by atoms with Crippen molar-refractivity contribution >= 4 is 28.3 Å². The third-order valence-corrected chi connectivity index (χ3v) is 3.09. The maximum Gasteiger partial charge on any atom is 0.224 e. The molecule has 96 valence electrons. The number of para-hydroxylation sites is 1. The number of nitrogens with one attached hydrogen (secondary N) is 1. The van der Waals surface area contributed by atoms with E-state index in [9.17, 15) is 4.39 Å². The Morgan fingerprint density at radius 1 is 1.21 bits per heavy atom. The van der Waals surface area contributed by atoms with Gasteiger partial charge < -0.3 is 5.32 Å². The molecule has 3 rings (SSSR count). The molecule has 0 fully saturated rings. The van der Waals surface area contributed by atoms with E-state index in [-0.39, 0.29) is 11.1 Å². The molecule has 0 atom stereocenters. The Morgan fingerprint density at radius 3 is 2.89 bits per heavy atom. The van der Waals surface area contributed by atoms with E-state index in [1.807, 2.05) is 24.3 Å². The summed E-state index contributed by atoms with van der Waals surface area (Å²) in [5, 5.41) is 4.18. The predicted molar refractivity (Wildman–Crippen MR) is 74.7 cm³/mol. The third kappa shape index (κ3) is 2.58. The average Bonchev–Trinajstić information content (AvgIpc) is 2.38. The first kappa shape index (κ1) is 12.1. The maximum absolute atomic E-state index is 13.2. The van der Waals surface area contributed by atoms with Crippen molar-refractivity contribution in [3.05, 3.63) is 53.2 Å². The van der Waals surface area contributed by atoms with E-state index in [0.29, 0.717) is 12.2 Å². The molecule has 0 aliphatic heterocycles. The van der Waals surface area contributed by atoms with Gasteiger partial charge in [-0.3, -0.25) is 0 Å². The molecule has 1 aliphatic rings. The van der Waals surface area contributed by atoms with Crippen LogP contribution in [0.5, 0.6) is 0 Å². The molecular weight excluding hydrogens is 265 g/mol. The van der Waals surface area contributed by atoms with E-state index in [4.69, 9.17) is 11.6 Å². The summed E-state index contributed by atoms with van der Waals surface area (Å²) in [6.45, 7) is 0. The van der Waals surface area contributed by atoms with Gasteiger partial charge in [0.05, 0.1) is 5.52 Å². The van der Waals surface area contributed by atoms with E-state index in [0.717, 1.165) is 23.0 Å². The van der Waals surface area contributed by atoms with Gasteiger partial charge in [-0.15, -0.1) is 0 Å². The van der Waals surface area contributed by atoms with Crippen LogP contribution in [0.4, 0.5) is 10.2 Å². The minimum absolute atomic E-state index is 0.175. The highest BCUT2D eigenvalue weighted by atomic mass is 35.5. The zero-order chi connectivity index (χ0) is 13.2. The van der Waals surface area contributed by atoms with Crippen LogP contribution in [0.15, 0.2) is 47.9 Å². The molecular formula is C14H11ClFN3. The van der Waals surface area contributed by atoms with Gasteiger partial charge in [-0.2, -0.15) is 4.98 Å². The topological polar surface area (TPSA) is 37.8 Å². The second kappa shape index (κ2) is 4.97. The van der Waals surface area contributed by atoms with Gasteiger partial charge in [0, 0.05) is 11.1 Å². The van der Waals surface area contributed by atoms with Gasteiger partial charge in [-0.25, -0.2) is 9.37 Å². The fourth-order valence-corrected chi connectivity index (χ4v) is 2.23. The Balaban J connectivity index is 2.03. The van der Waals surface area contributed by atoms with Crippen LogP contribution in [0.25, 0.3) is 10.9 Å². The second-order valence-corrected chi connectivity index (χ2v) is 4.62. The number of rotatable bonds is 2. The summed E-state index contributed by atoms with van der Waals surface area (Å²) in [6, 6.07) is 7.56. The van der Waals surface area contributed by atoms with E-state index < -0.39 is 0 Å². The predicted octanol–water partition coefficient (Wildman–Crippen LogP) is 4.23. The van der Waals surface area contributed by atoms with Gasteiger partial charge >= 0.3 is 0 Å². The normalized spacial score (nSPS) is 15.1. The standard InChI is InChI=1S/C14H11ClFN3/c15-14-18-12-7-2-1-6-11(12)13(19-14)17-10-5-3-4-9(16)8-10/h1-2,4,6-8H,3,5H2,(H,17,18,19). The number of halogens is 2. The Bertz CT molecular complexity index is 694.